The lowest BCUT2D eigenvalue weighted by molar-refractivity contribution is -0.122. The molecule has 0 fully saturated rings. The molecule has 1 atom stereocenters. The maximum Gasteiger partial charge on any atom is 0.234 e. The summed E-state index contributed by atoms with van der Waals surface area (Å²) in [4.78, 5) is 16.4. The highest BCUT2D eigenvalue weighted by molar-refractivity contribution is 5.90. The molecule has 2 aromatic rings. The summed E-state index contributed by atoms with van der Waals surface area (Å²) >= 11 is 0. The van der Waals surface area contributed by atoms with Gasteiger partial charge >= 0.3 is 0 Å². The van der Waals surface area contributed by atoms with E-state index < -0.39 is 5.41 Å². The number of nitrogens with zero attached hydrogens (tertiary/aromatic N) is 1. The van der Waals surface area contributed by atoms with Crippen molar-refractivity contribution < 1.29 is 4.79 Å². The normalized spacial score (nSPS) is 13.8. The lowest BCUT2D eigenvalue weighted by atomic mass is 9.74. The molecule has 1 aromatic carbocycles. The minimum atomic E-state index is -0.845. The topological polar surface area (TPSA) is 56.0 Å². The molecule has 1 unspecified atom stereocenters. The van der Waals surface area contributed by atoms with Gasteiger partial charge in [-0.15, -0.1) is 0 Å². The van der Waals surface area contributed by atoms with Crippen LogP contribution in [-0.2, 0) is 10.2 Å². The first kappa shape index (κ1) is 12.3. The minimum Gasteiger partial charge on any atom is -0.369 e. The summed E-state index contributed by atoms with van der Waals surface area (Å²) in [6.45, 7) is 1.95. The minimum absolute atomic E-state index is 0.366. The van der Waals surface area contributed by atoms with Crippen molar-refractivity contribution in [2.75, 3.05) is 0 Å². The van der Waals surface area contributed by atoms with Crippen molar-refractivity contribution in [3.63, 3.8) is 0 Å². The number of carbonyl (C=O) groups excluding carboxylic acids is 1. The van der Waals surface area contributed by atoms with E-state index in [0.29, 0.717) is 12.1 Å². The van der Waals surface area contributed by atoms with E-state index in [2.05, 4.69) is 4.98 Å². The molecule has 1 heterocycles. The van der Waals surface area contributed by atoms with Crippen molar-refractivity contribution in [3.8, 4) is 0 Å². The van der Waals surface area contributed by atoms with Gasteiger partial charge in [-0.05, 0) is 24.1 Å². The molecule has 18 heavy (non-hydrogen) atoms. The van der Waals surface area contributed by atoms with Crippen molar-refractivity contribution in [2.45, 2.75) is 18.8 Å². The van der Waals surface area contributed by atoms with Gasteiger partial charge < -0.3 is 5.73 Å². The summed E-state index contributed by atoms with van der Waals surface area (Å²) in [5.41, 5.74) is 6.41. The maximum atomic E-state index is 12.0. The number of aromatic nitrogens is 1. The summed E-state index contributed by atoms with van der Waals surface area (Å²) in [7, 11) is 0. The van der Waals surface area contributed by atoms with E-state index in [9.17, 15) is 4.79 Å². The number of amides is 1. The zero-order valence-electron chi connectivity index (χ0n) is 10.3. The maximum absolute atomic E-state index is 12.0. The van der Waals surface area contributed by atoms with Gasteiger partial charge in [0.25, 0.3) is 0 Å². The van der Waals surface area contributed by atoms with Gasteiger partial charge in [0.15, 0.2) is 0 Å². The van der Waals surface area contributed by atoms with Gasteiger partial charge in [0.1, 0.15) is 5.41 Å². The standard InChI is InChI=1S/C15H16N2O/c1-2-15(14(16)18,12-8-4-3-5-9-12)13-10-6-7-11-17-13/h3-11H,2H2,1H3,(H2,16,18). The fraction of sp³-hybridized carbons (Fsp3) is 0.200. The van der Waals surface area contributed by atoms with Crippen LogP contribution in [0.2, 0.25) is 0 Å². The fourth-order valence-corrected chi connectivity index (χ4v) is 2.31. The third-order valence-electron chi connectivity index (χ3n) is 3.32. The molecule has 0 spiro atoms. The van der Waals surface area contributed by atoms with Crippen LogP contribution in [0.5, 0.6) is 0 Å². The largest absolute Gasteiger partial charge is 0.369 e. The highest BCUT2D eigenvalue weighted by atomic mass is 16.1. The second kappa shape index (κ2) is 5.00. The SMILES string of the molecule is CCC(C(N)=O)(c1ccccc1)c1ccccn1. The molecule has 1 aromatic heterocycles. The van der Waals surface area contributed by atoms with Gasteiger partial charge in [0.2, 0.25) is 5.91 Å². The average molecular weight is 240 g/mol. The molecule has 0 saturated carbocycles. The zero-order chi connectivity index (χ0) is 13.0. The first-order valence-corrected chi connectivity index (χ1v) is 5.98. The summed E-state index contributed by atoms with van der Waals surface area (Å²) < 4.78 is 0. The Balaban J connectivity index is 2.65. The molecule has 2 rings (SSSR count). The van der Waals surface area contributed by atoms with E-state index in [4.69, 9.17) is 5.73 Å². The van der Waals surface area contributed by atoms with Crippen LogP contribution in [0.15, 0.2) is 54.7 Å². The fourth-order valence-electron chi connectivity index (χ4n) is 2.31. The van der Waals surface area contributed by atoms with Crippen LogP contribution in [-0.4, -0.2) is 10.9 Å². The first-order valence-electron chi connectivity index (χ1n) is 5.98. The molecule has 0 radical (unpaired) electrons. The number of nitrogens with two attached hydrogens (primary N) is 1. The molecule has 1 amide bonds. The number of hydrogen-bond donors (Lipinski definition) is 1. The van der Waals surface area contributed by atoms with Crippen LogP contribution < -0.4 is 5.73 Å². The van der Waals surface area contributed by atoms with Crippen molar-refractivity contribution in [1.29, 1.82) is 0 Å². The van der Waals surface area contributed by atoms with E-state index in [-0.39, 0.29) is 5.91 Å². The molecule has 3 nitrogen and oxygen atoms in total. The van der Waals surface area contributed by atoms with Crippen LogP contribution in [0.3, 0.4) is 0 Å². The second-order valence-electron chi connectivity index (χ2n) is 4.20. The van der Waals surface area contributed by atoms with E-state index in [0.717, 1.165) is 5.56 Å². The second-order valence-corrected chi connectivity index (χ2v) is 4.20. The molecular formula is C15H16N2O. The monoisotopic (exact) mass is 240 g/mol. The zero-order valence-corrected chi connectivity index (χ0v) is 10.3. The third-order valence-corrected chi connectivity index (χ3v) is 3.32. The third kappa shape index (κ3) is 1.88. The summed E-state index contributed by atoms with van der Waals surface area (Å²) in [6, 6.07) is 15.1. The van der Waals surface area contributed by atoms with Crippen molar-refractivity contribution in [2.24, 2.45) is 5.73 Å². The van der Waals surface area contributed by atoms with Crippen LogP contribution in [0.1, 0.15) is 24.6 Å². The Hall–Kier alpha value is -2.16. The van der Waals surface area contributed by atoms with E-state index in [1.807, 2.05) is 55.5 Å². The van der Waals surface area contributed by atoms with E-state index in [1.54, 1.807) is 6.20 Å². The lowest BCUT2D eigenvalue weighted by Crippen LogP contribution is -2.42. The quantitative estimate of drug-likeness (QED) is 0.891. The molecule has 2 N–H and O–H groups in total. The van der Waals surface area contributed by atoms with Crippen molar-refractivity contribution >= 4 is 5.91 Å². The number of primary amides is 1. The Morgan fingerprint density at radius 1 is 1.17 bits per heavy atom. The number of benzene rings is 1. The average Bonchev–Trinajstić information content (AvgIpc) is 2.42. The summed E-state index contributed by atoms with van der Waals surface area (Å²) in [6.07, 6.45) is 2.27. The lowest BCUT2D eigenvalue weighted by Gasteiger charge is -2.29. The molecule has 0 aliphatic carbocycles. The van der Waals surface area contributed by atoms with Gasteiger partial charge in [0.05, 0.1) is 5.69 Å². The number of hydrogen-bond acceptors (Lipinski definition) is 2. The molecule has 3 heteroatoms. The Labute approximate surface area is 107 Å². The molecule has 0 saturated heterocycles. The summed E-state index contributed by atoms with van der Waals surface area (Å²) in [5.74, 6) is -0.366. The summed E-state index contributed by atoms with van der Waals surface area (Å²) in [5, 5.41) is 0. The van der Waals surface area contributed by atoms with Gasteiger partial charge in [-0.3, -0.25) is 9.78 Å². The van der Waals surface area contributed by atoms with Gasteiger partial charge in [-0.25, -0.2) is 0 Å². The number of rotatable bonds is 4. The molecule has 0 aliphatic rings. The number of carbonyl (C=O) groups is 1. The van der Waals surface area contributed by atoms with Gasteiger partial charge in [0, 0.05) is 6.20 Å². The Kier molecular flexibility index (Phi) is 3.42. The first-order chi connectivity index (χ1) is 8.71. The van der Waals surface area contributed by atoms with E-state index >= 15 is 0 Å². The Bertz CT molecular complexity index is 483. The number of pyridine rings is 1. The Morgan fingerprint density at radius 2 is 1.83 bits per heavy atom. The molecule has 0 aliphatic heterocycles. The van der Waals surface area contributed by atoms with Crippen LogP contribution >= 0.6 is 0 Å². The Morgan fingerprint density at radius 3 is 2.33 bits per heavy atom. The molecule has 92 valence electrons. The molecular weight excluding hydrogens is 224 g/mol. The predicted molar refractivity (Wildman–Crippen MR) is 70.9 cm³/mol. The van der Waals surface area contributed by atoms with E-state index in [1.165, 1.54) is 0 Å². The van der Waals surface area contributed by atoms with Crippen LogP contribution in [0, 0.1) is 0 Å². The predicted octanol–water partition coefficient (Wildman–Crippen LogP) is 2.26. The van der Waals surface area contributed by atoms with Crippen molar-refractivity contribution in [1.82, 2.24) is 4.98 Å². The van der Waals surface area contributed by atoms with Gasteiger partial charge in [-0.1, -0.05) is 43.3 Å². The molecule has 0 bridgehead atoms. The van der Waals surface area contributed by atoms with Gasteiger partial charge in [-0.2, -0.15) is 0 Å². The van der Waals surface area contributed by atoms with Crippen LogP contribution in [0.4, 0.5) is 0 Å². The highest BCUT2D eigenvalue weighted by Gasteiger charge is 2.39. The van der Waals surface area contributed by atoms with Crippen LogP contribution in [0.25, 0.3) is 0 Å². The highest BCUT2D eigenvalue weighted by Crippen LogP contribution is 2.33. The smallest absolute Gasteiger partial charge is 0.234 e. The van der Waals surface area contributed by atoms with Crippen molar-refractivity contribution in [3.05, 3.63) is 66.0 Å².